The zero-order valence-electron chi connectivity index (χ0n) is 9.98. The number of unbranched alkanes of at least 4 members (excludes halogenated alkanes) is 1. The van der Waals surface area contributed by atoms with E-state index >= 15 is 0 Å². The number of hydrogen-bond donors (Lipinski definition) is 1. The quantitative estimate of drug-likeness (QED) is 0.698. The molecule has 1 aliphatic rings. The number of aromatic nitrogens is 3. The van der Waals surface area contributed by atoms with Crippen molar-refractivity contribution in [2.75, 3.05) is 11.9 Å². The molecule has 0 unspecified atom stereocenters. The number of hydrogen-bond acceptors (Lipinski definition) is 3. The van der Waals surface area contributed by atoms with Gasteiger partial charge in [-0.2, -0.15) is 4.98 Å². The van der Waals surface area contributed by atoms with Crippen LogP contribution in [0.1, 0.15) is 25.3 Å². The maximum atomic E-state index is 4.54. The lowest BCUT2D eigenvalue weighted by Gasteiger charge is -1.99. The molecule has 3 rings (SSSR count). The van der Waals surface area contributed by atoms with Crippen molar-refractivity contribution in [3.63, 3.8) is 0 Å². The van der Waals surface area contributed by atoms with Crippen LogP contribution in [-0.4, -0.2) is 21.3 Å². The van der Waals surface area contributed by atoms with E-state index in [2.05, 4.69) is 40.5 Å². The summed E-state index contributed by atoms with van der Waals surface area (Å²) in [6.45, 7) is 3.97. The van der Waals surface area contributed by atoms with Gasteiger partial charge >= 0.3 is 0 Å². The molecule has 1 aromatic carbocycles. The highest BCUT2D eigenvalue weighted by molar-refractivity contribution is 5.65. The van der Waals surface area contributed by atoms with Crippen LogP contribution in [0, 0.1) is 0 Å². The summed E-state index contributed by atoms with van der Waals surface area (Å²) in [5, 5.41) is 7.73. The normalized spacial score (nSPS) is 12.3. The van der Waals surface area contributed by atoms with Crippen molar-refractivity contribution < 1.29 is 0 Å². The van der Waals surface area contributed by atoms with Gasteiger partial charge < -0.3 is 5.32 Å². The molecule has 0 saturated carbocycles. The van der Waals surface area contributed by atoms with Crippen molar-refractivity contribution in [2.24, 2.45) is 0 Å². The van der Waals surface area contributed by atoms with Crippen molar-refractivity contribution in [3.8, 4) is 11.4 Å². The van der Waals surface area contributed by atoms with E-state index in [1.807, 2.05) is 10.7 Å². The van der Waals surface area contributed by atoms with Crippen LogP contribution in [0.25, 0.3) is 11.4 Å². The fraction of sp³-hybridized carbons (Fsp3) is 0.385. The van der Waals surface area contributed by atoms with Crippen LogP contribution in [0.4, 0.5) is 5.95 Å². The number of fused-ring (bicyclic) bond motifs is 3. The average Bonchev–Trinajstić information content (AvgIpc) is 2.86. The predicted octanol–water partition coefficient (Wildman–Crippen LogP) is 2.52. The minimum atomic E-state index is 0.753. The van der Waals surface area contributed by atoms with E-state index in [0.717, 1.165) is 31.3 Å². The smallest absolute Gasteiger partial charge is 0.242 e. The summed E-state index contributed by atoms with van der Waals surface area (Å²) in [7, 11) is 0. The molecule has 0 spiro atoms. The van der Waals surface area contributed by atoms with Gasteiger partial charge in [-0.3, -0.25) is 0 Å². The molecule has 88 valence electrons. The molecule has 0 bridgehead atoms. The highest BCUT2D eigenvalue weighted by atomic mass is 15.4. The Kier molecular flexibility index (Phi) is 2.55. The molecule has 0 amide bonds. The summed E-state index contributed by atoms with van der Waals surface area (Å²) in [6, 6.07) is 8.35. The molecule has 0 fully saturated rings. The standard InChI is InChI=1S/C13H16N4/c1-2-3-8-14-13-15-12-11-7-5-4-6-10(11)9-17(12)16-13/h4-7H,2-3,8-9H2,1H3,(H,14,16). The van der Waals surface area contributed by atoms with E-state index in [1.54, 1.807) is 0 Å². The van der Waals surface area contributed by atoms with Gasteiger partial charge in [0.05, 0.1) is 6.54 Å². The maximum Gasteiger partial charge on any atom is 0.242 e. The number of nitrogens with one attached hydrogen (secondary N) is 1. The number of nitrogens with zero attached hydrogens (tertiary/aromatic N) is 3. The molecule has 2 heterocycles. The molecule has 1 aliphatic heterocycles. The molecule has 4 nitrogen and oxygen atoms in total. The third-order valence-electron chi connectivity index (χ3n) is 3.06. The Balaban J connectivity index is 1.83. The highest BCUT2D eigenvalue weighted by Gasteiger charge is 2.21. The summed E-state index contributed by atoms with van der Waals surface area (Å²) in [4.78, 5) is 4.54. The molecule has 4 heteroatoms. The first-order valence-corrected chi connectivity index (χ1v) is 6.15. The first-order valence-electron chi connectivity index (χ1n) is 6.15. The fourth-order valence-electron chi connectivity index (χ4n) is 2.14. The van der Waals surface area contributed by atoms with Gasteiger partial charge in [-0.05, 0) is 12.0 Å². The van der Waals surface area contributed by atoms with Gasteiger partial charge in [0.2, 0.25) is 5.95 Å². The van der Waals surface area contributed by atoms with Crippen molar-refractivity contribution in [1.82, 2.24) is 14.8 Å². The highest BCUT2D eigenvalue weighted by Crippen LogP contribution is 2.30. The molecule has 2 aromatic rings. The Morgan fingerprint density at radius 2 is 2.24 bits per heavy atom. The SMILES string of the molecule is CCCCNc1nc2n(n1)Cc1ccccc1-2. The van der Waals surface area contributed by atoms with Gasteiger partial charge in [0, 0.05) is 12.1 Å². The fourth-order valence-corrected chi connectivity index (χ4v) is 2.14. The molecular formula is C13H16N4. The molecule has 1 N–H and O–H groups in total. The van der Waals surface area contributed by atoms with Crippen LogP contribution < -0.4 is 5.32 Å². The zero-order chi connectivity index (χ0) is 11.7. The second-order valence-corrected chi connectivity index (χ2v) is 4.35. The Bertz CT molecular complexity index is 530. The van der Waals surface area contributed by atoms with E-state index in [0.29, 0.717) is 0 Å². The number of rotatable bonds is 4. The predicted molar refractivity (Wildman–Crippen MR) is 68.0 cm³/mol. The van der Waals surface area contributed by atoms with Crippen LogP contribution in [0.15, 0.2) is 24.3 Å². The lowest BCUT2D eigenvalue weighted by atomic mass is 10.1. The van der Waals surface area contributed by atoms with Gasteiger partial charge in [-0.25, -0.2) is 4.68 Å². The average molecular weight is 228 g/mol. The van der Waals surface area contributed by atoms with Gasteiger partial charge in [-0.1, -0.05) is 37.6 Å². The minimum absolute atomic E-state index is 0.753. The summed E-state index contributed by atoms with van der Waals surface area (Å²) < 4.78 is 1.97. The monoisotopic (exact) mass is 228 g/mol. The second kappa shape index (κ2) is 4.20. The molecule has 0 saturated heterocycles. The summed E-state index contributed by atoms with van der Waals surface area (Å²) in [5.74, 6) is 1.74. The van der Waals surface area contributed by atoms with Gasteiger partial charge in [0.1, 0.15) is 0 Å². The van der Waals surface area contributed by atoms with Crippen LogP contribution in [0.3, 0.4) is 0 Å². The van der Waals surface area contributed by atoms with Crippen LogP contribution >= 0.6 is 0 Å². The lowest BCUT2D eigenvalue weighted by Crippen LogP contribution is -2.04. The van der Waals surface area contributed by atoms with Crippen molar-refractivity contribution in [2.45, 2.75) is 26.3 Å². The topological polar surface area (TPSA) is 42.7 Å². The van der Waals surface area contributed by atoms with Crippen LogP contribution in [0.2, 0.25) is 0 Å². The van der Waals surface area contributed by atoms with E-state index in [-0.39, 0.29) is 0 Å². The number of anilines is 1. The molecule has 17 heavy (non-hydrogen) atoms. The minimum Gasteiger partial charge on any atom is -0.353 e. The van der Waals surface area contributed by atoms with Gasteiger partial charge in [-0.15, -0.1) is 5.10 Å². The van der Waals surface area contributed by atoms with Gasteiger partial charge in [0.15, 0.2) is 5.82 Å². The Labute approximate surface area is 101 Å². The Hall–Kier alpha value is -1.84. The Morgan fingerprint density at radius 3 is 3.12 bits per heavy atom. The van der Waals surface area contributed by atoms with Crippen LogP contribution in [0.5, 0.6) is 0 Å². The summed E-state index contributed by atoms with van der Waals surface area (Å²) in [6.07, 6.45) is 2.34. The van der Waals surface area contributed by atoms with E-state index < -0.39 is 0 Å². The first kappa shape index (κ1) is 10.3. The van der Waals surface area contributed by atoms with E-state index in [4.69, 9.17) is 0 Å². The third-order valence-corrected chi connectivity index (χ3v) is 3.06. The van der Waals surface area contributed by atoms with E-state index in [1.165, 1.54) is 17.5 Å². The van der Waals surface area contributed by atoms with Crippen molar-refractivity contribution in [3.05, 3.63) is 29.8 Å². The second-order valence-electron chi connectivity index (χ2n) is 4.35. The zero-order valence-corrected chi connectivity index (χ0v) is 9.98. The largest absolute Gasteiger partial charge is 0.353 e. The number of benzene rings is 1. The lowest BCUT2D eigenvalue weighted by molar-refractivity contribution is 0.719. The Morgan fingerprint density at radius 1 is 1.35 bits per heavy atom. The summed E-state index contributed by atoms with van der Waals surface area (Å²) in [5.41, 5.74) is 2.52. The van der Waals surface area contributed by atoms with E-state index in [9.17, 15) is 0 Å². The molecule has 0 radical (unpaired) electrons. The summed E-state index contributed by atoms with van der Waals surface area (Å²) >= 11 is 0. The molecule has 0 atom stereocenters. The first-order chi connectivity index (χ1) is 8.38. The maximum absolute atomic E-state index is 4.54. The molecular weight excluding hydrogens is 212 g/mol. The molecule has 1 aromatic heterocycles. The molecule has 0 aliphatic carbocycles. The van der Waals surface area contributed by atoms with Gasteiger partial charge in [0.25, 0.3) is 0 Å². The van der Waals surface area contributed by atoms with Crippen LogP contribution in [-0.2, 0) is 6.54 Å². The van der Waals surface area contributed by atoms with Crippen molar-refractivity contribution in [1.29, 1.82) is 0 Å². The third kappa shape index (κ3) is 1.79. The van der Waals surface area contributed by atoms with Crippen molar-refractivity contribution >= 4 is 5.95 Å².